The minimum absolute atomic E-state index is 0.0474. The Kier molecular flexibility index (Phi) is 5.18. The summed E-state index contributed by atoms with van der Waals surface area (Å²) < 4.78 is 0. The predicted octanol–water partition coefficient (Wildman–Crippen LogP) is 4.65. The molecule has 0 radical (unpaired) electrons. The second-order valence-corrected chi connectivity index (χ2v) is 9.59. The van der Waals surface area contributed by atoms with Crippen molar-refractivity contribution in [3.05, 3.63) is 75.3 Å². The second-order valence-electron chi connectivity index (χ2n) is 9.59. The number of aromatic hydroxyl groups is 1. The molecule has 2 aromatic rings. The molecule has 0 heterocycles. The number of aliphatic hydroxyl groups excluding tert-OH is 1. The number of hydrogen-bond acceptors (Lipinski definition) is 6. The van der Waals surface area contributed by atoms with E-state index in [0.717, 1.165) is 42.5 Å². The Morgan fingerprint density at radius 2 is 1.97 bits per heavy atom. The Balaban J connectivity index is 1.39. The van der Waals surface area contributed by atoms with Crippen molar-refractivity contribution in [2.75, 3.05) is 0 Å². The Morgan fingerprint density at radius 1 is 1.19 bits per heavy atom. The molecule has 2 fully saturated rings. The van der Waals surface area contributed by atoms with E-state index in [0.29, 0.717) is 17.8 Å². The highest BCUT2D eigenvalue weighted by molar-refractivity contribution is 5.71. The molecule has 0 saturated heterocycles. The van der Waals surface area contributed by atoms with Crippen molar-refractivity contribution in [1.82, 2.24) is 5.48 Å². The van der Waals surface area contributed by atoms with E-state index in [4.69, 9.17) is 4.84 Å². The van der Waals surface area contributed by atoms with Gasteiger partial charge in [-0.25, -0.2) is 0 Å². The number of non-ortho nitro benzene ring substituents is 1. The number of rotatable bonds is 5. The molecule has 3 aliphatic rings. The molecule has 0 unspecified atom stereocenters. The van der Waals surface area contributed by atoms with Gasteiger partial charge in [-0.3, -0.25) is 20.4 Å². The van der Waals surface area contributed by atoms with E-state index in [9.17, 15) is 20.3 Å². The number of hydroxylamine groups is 1. The molecule has 2 saturated carbocycles. The topological polar surface area (TPSA) is 105 Å². The minimum atomic E-state index is -0.423. The number of nitrogens with one attached hydrogen (secondary N) is 1. The predicted molar refractivity (Wildman–Crippen MR) is 119 cm³/mol. The highest BCUT2D eigenvalue weighted by Gasteiger charge is 2.54. The van der Waals surface area contributed by atoms with Gasteiger partial charge in [0.1, 0.15) is 5.75 Å². The van der Waals surface area contributed by atoms with Gasteiger partial charge >= 0.3 is 0 Å². The normalized spacial score (nSPS) is 30.6. The molecule has 3 N–H and O–H groups in total. The first-order chi connectivity index (χ1) is 15.4. The third-order valence-corrected chi connectivity index (χ3v) is 7.94. The summed E-state index contributed by atoms with van der Waals surface area (Å²) in [6.45, 7) is 2.47. The maximum Gasteiger partial charge on any atom is 0.269 e. The lowest BCUT2D eigenvalue weighted by Gasteiger charge is -2.48. The van der Waals surface area contributed by atoms with Gasteiger partial charge in [-0.05, 0) is 84.2 Å². The summed E-state index contributed by atoms with van der Waals surface area (Å²) in [5.74, 6) is 1.29. The Labute approximate surface area is 186 Å². The van der Waals surface area contributed by atoms with Crippen molar-refractivity contribution in [1.29, 1.82) is 0 Å². The lowest BCUT2D eigenvalue weighted by molar-refractivity contribution is -0.384. The fourth-order valence-electron chi connectivity index (χ4n) is 6.15. The number of benzene rings is 2. The zero-order valence-corrected chi connectivity index (χ0v) is 18.0. The van der Waals surface area contributed by atoms with Gasteiger partial charge in [-0.1, -0.05) is 19.1 Å². The molecular formula is C25H28N2O5. The zero-order chi connectivity index (χ0) is 22.5. The molecule has 168 valence electrons. The molecule has 5 rings (SSSR count). The molecule has 7 heteroatoms. The van der Waals surface area contributed by atoms with Crippen LogP contribution in [0.3, 0.4) is 0 Å². The van der Waals surface area contributed by atoms with Gasteiger partial charge < -0.3 is 10.2 Å². The van der Waals surface area contributed by atoms with E-state index in [1.807, 2.05) is 6.07 Å². The number of hydrogen-bond donors (Lipinski definition) is 3. The summed E-state index contributed by atoms with van der Waals surface area (Å²) in [4.78, 5) is 16.2. The van der Waals surface area contributed by atoms with E-state index in [-0.39, 0.29) is 29.6 Å². The SMILES string of the molecule is C[C@]12CC[C@@H]3c4ccc(O)cc4C(NOCc4ccc([N+](=O)[O-])cc4)=C[C@H]3[C@@H]1CC[C@@H]2O. The third-order valence-electron chi connectivity index (χ3n) is 7.94. The van der Waals surface area contributed by atoms with Crippen molar-refractivity contribution in [3.8, 4) is 5.75 Å². The van der Waals surface area contributed by atoms with Gasteiger partial charge in [0.2, 0.25) is 0 Å². The summed E-state index contributed by atoms with van der Waals surface area (Å²) in [6, 6.07) is 11.8. The van der Waals surface area contributed by atoms with Crippen LogP contribution in [0.15, 0.2) is 48.5 Å². The van der Waals surface area contributed by atoms with Crippen molar-refractivity contribution in [3.63, 3.8) is 0 Å². The van der Waals surface area contributed by atoms with Gasteiger partial charge in [-0.2, -0.15) is 0 Å². The van der Waals surface area contributed by atoms with E-state index in [2.05, 4.69) is 18.5 Å². The number of phenols is 1. The van der Waals surface area contributed by atoms with Crippen molar-refractivity contribution >= 4 is 11.4 Å². The van der Waals surface area contributed by atoms with Crippen LogP contribution in [-0.2, 0) is 11.4 Å². The quantitative estimate of drug-likeness (QED) is 0.466. The molecule has 0 spiro atoms. The molecule has 0 amide bonds. The number of nitro benzene ring substituents is 1. The van der Waals surface area contributed by atoms with E-state index >= 15 is 0 Å². The van der Waals surface area contributed by atoms with E-state index < -0.39 is 4.92 Å². The first-order valence-corrected chi connectivity index (χ1v) is 11.2. The van der Waals surface area contributed by atoms with Gasteiger partial charge in [0.05, 0.1) is 23.3 Å². The first-order valence-electron chi connectivity index (χ1n) is 11.2. The van der Waals surface area contributed by atoms with Crippen LogP contribution in [0.4, 0.5) is 5.69 Å². The van der Waals surface area contributed by atoms with Crippen molar-refractivity contribution < 1.29 is 20.0 Å². The van der Waals surface area contributed by atoms with Crippen LogP contribution in [-0.4, -0.2) is 21.2 Å². The molecule has 7 nitrogen and oxygen atoms in total. The summed E-state index contributed by atoms with van der Waals surface area (Å²) >= 11 is 0. The van der Waals surface area contributed by atoms with Gasteiger partial charge in [0.15, 0.2) is 0 Å². The van der Waals surface area contributed by atoms with Crippen LogP contribution in [0, 0.1) is 27.4 Å². The molecule has 2 aromatic carbocycles. The van der Waals surface area contributed by atoms with E-state index in [1.165, 1.54) is 17.7 Å². The third kappa shape index (κ3) is 3.45. The minimum Gasteiger partial charge on any atom is -0.508 e. The molecule has 0 bridgehead atoms. The number of nitro groups is 1. The van der Waals surface area contributed by atoms with Gasteiger partial charge in [0, 0.05) is 17.7 Å². The highest BCUT2D eigenvalue weighted by atomic mass is 16.6. The molecule has 0 aromatic heterocycles. The smallest absolute Gasteiger partial charge is 0.269 e. The molecular weight excluding hydrogens is 408 g/mol. The molecule has 3 aliphatic carbocycles. The number of phenolic OH excluding ortho intramolecular Hbond substituents is 1. The summed E-state index contributed by atoms with van der Waals surface area (Å²) in [7, 11) is 0. The lowest BCUT2D eigenvalue weighted by atomic mass is 9.56. The fraction of sp³-hybridized carbons (Fsp3) is 0.440. The van der Waals surface area contributed by atoms with Crippen LogP contribution in [0.2, 0.25) is 0 Å². The molecule has 0 aliphatic heterocycles. The van der Waals surface area contributed by atoms with Crippen LogP contribution in [0.1, 0.15) is 55.2 Å². The van der Waals surface area contributed by atoms with Crippen LogP contribution in [0.5, 0.6) is 5.75 Å². The van der Waals surface area contributed by atoms with Crippen LogP contribution < -0.4 is 5.48 Å². The van der Waals surface area contributed by atoms with Crippen molar-refractivity contribution in [2.24, 2.45) is 17.3 Å². The fourth-order valence-corrected chi connectivity index (χ4v) is 6.15. The molecule has 32 heavy (non-hydrogen) atoms. The maximum absolute atomic E-state index is 10.8. The average Bonchev–Trinajstić information content (AvgIpc) is 3.09. The Morgan fingerprint density at radius 3 is 2.72 bits per heavy atom. The zero-order valence-electron chi connectivity index (χ0n) is 18.0. The number of allylic oxidation sites excluding steroid dienone is 1. The number of aliphatic hydroxyl groups is 1. The number of fused-ring (bicyclic) bond motifs is 5. The molecule has 5 atom stereocenters. The van der Waals surface area contributed by atoms with Gasteiger partial charge in [0.25, 0.3) is 5.69 Å². The first kappa shape index (κ1) is 21.0. The largest absolute Gasteiger partial charge is 0.508 e. The summed E-state index contributed by atoms with van der Waals surface area (Å²) in [5.41, 5.74) is 6.86. The summed E-state index contributed by atoms with van der Waals surface area (Å²) in [6.07, 6.45) is 5.85. The lowest BCUT2D eigenvalue weighted by Crippen LogP contribution is -2.43. The van der Waals surface area contributed by atoms with Crippen LogP contribution >= 0.6 is 0 Å². The summed E-state index contributed by atoms with van der Waals surface area (Å²) in [5, 5.41) is 31.6. The van der Waals surface area contributed by atoms with Gasteiger partial charge in [-0.15, -0.1) is 0 Å². The standard InChI is InChI=1S/C25H28N2O5/c1-25-11-10-19-18-7-6-17(28)12-21(18)23(13-20(19)22(25)8-9-24(25)29)26-32-14-15-2-4-16(5-3-15)27(30)31/h2-7,12-13,19-20,22,24,26,28-29H,8-11,14H2,1H3/t19-,20-,22+,24+,25+/m1/s1. The Bertz CT molecular complexity index is 1070. The monoisotopic (exact) mass is 436 g/mol. The highest BCUT2D eigenvalue weighted by Crippen LogP contribution is 2.60. The second kappa shape index (κ2) is 7.90. The average molecular weight is 437 g/mol. The maximum atomic E-state index is 10.8. The number of nitrogens with zero attached hydrogens (tertiary/aromatic N) is 1. The van der Waals surface area contributed by atoms with Crippen LogP contribution in [0.25, 0.3) is 5.70 Å². The Hall–Kier alpha value is -2.90. The van der Waals surface area contributed by atoms with E-state index in [1.54, 1.807) is 24.3 Å². The van der Waals surface area contributed by atoms with Crippen molar-refractivity contribution in [2.45, 2.75) is 51.2 Å².